The van der Waals surface area contributed by atoms with E-state index in [1.54, 1.807) is 42.6 Å². The van der Waals surface area contributed by atoms with Crippen LogP contribution in [-0.4, -0.2) is 23.5 Å². The van der Waals surface area contributed by atoms with Gasteiger partial charge in [0.25, 0.3) is 5.91 Å². The third-order valence-electron chi connectivity index (χ3n) is 2.45. The fraction of sp³-hybridized carbons (Fsp3) is 0.0714. The smallest absolute Gasteiger partial charge is 0.340 e. The monoisotopic (exact) mass is 271 g/mol. The number of anilines is 2. The number of carbonyl (C=O) groups excluding carboxylic acids is 2. The molecule has 3 N–H and O–H groups in total. The van der Waals surface area contributed by atoms with Gasteiger partial charge in [-0.1, -0.05) is 18.2 Å². The SMILES string of the molecule is Nc1ccccc1C(=O)OCC(=O)Nc1ccccn1. The number of nitrogens with one attached hydrogen (secondary N) is 1. The second-order valence-corrected chi connectivity index (χ2v) is 3.93. The lowest BCUT2D eigenvalue weighted by molar-refractivity contribution is -0.119. The van der Waals surface area contributed by atoms with E-state index in [2.05, 4.69) is 10.3 Å². The largest absolute Gasteiger partial charge is 0.452 e. The van der Waals surface area contributed by atoms with Gasteiger partial charge in [-0.15, -0.1) is 0 Å². The van der Waals surface area contributed by atoms with Gasteiger partial charge in [0.05, 0.1) is 5.56 Å². The topological polar surface area (TPSA) is 94.3 Å². The highest BCUT2D eigenvalue weighted by atomic mass is 16.5. The lowest BCUT2D eigenvalue weighted by Gasteiger charge is -2.07. The molecular formula is C14H13N3O3. The third kappa shape index (κ3) is 3.55. The molecule has 102 valence electrons. The normalized spacial score (nSPS) is 9.80. The predicted octanol–water partition coefficient (Wildman–Crippen LogP) is 1.46. The highest BCUT2D eigenvalue weighted by Gasteiger charge is 2.12. The minimum Gasteiger partial charge on any atom is -0.452 e. The van der Waals surface area contributed by atoms with Crippen LogP contribution in [0.15, 0.2) is 48.7 Å². The van der Waals surface area contributed by atoms with Crippen LogP contribution in [0.1, 0.15) is 10.4 Å². The van der Waals surface area contributed by atoms with Crippen molar-refractivity contribution in [3.63, 3.8) is 0 Å². The summed E-state index contributed by atoms with van der Waals surface area (Å²) in [5.74, 6) is -0.710. The Bertz CT molecular complexity index is 614. The van der Waals surface area contributed by atoms with E-state index in [-0.39, 0.29) is 5.56 Å². The number of esters is 1. The molecule has 2 rings (SSSR count). The second kappa shape index (κ2) is 6.33. The van der Waals surface area contributed by atoms with Gasteiger partial charge in [-0.3, -0.25) is 4.79 Å². The van der Waals surface area contributed by atoms with Crippen molar-refractivity contribution in [1.29, 1.82) is 0 Å². The molecule has 0 fully saturated rings. The van der Waals surface area contributed by atoms with Crippen molar-refractivity contribution >= 4 is 23.4 Å². The molecule has 0 aliphatic rings. The van der Waals surface area contributed by atoms with E-state index in [0.717, 1.165) is 0 Å². The summed E-state index contributed by atoms with van der Waals surface area (Å²) in [4.78, 5) is 27.2. The Morgan fingerprint density at radius 3 is 2.60 bits per heavy atom. The Morgan fingerprint density at radius 1 is 1.15 bits per heavy atom. The van der Waals surface area contributed by atoms with E-state index in [1.807, 2.05) is 0 Å². The first-order chi connectivity index (χ1) is 9.66. The van der Waals surface area contributed by atoms with Crippen LogP contribution in [0.2, 0.25) is 0 Å². The predicted molar refractivity (Wildman–Crippen MR) is 74.0 cm³/mol. The average molecular weight is 271 g/mol. The Kier molecular flexibility index (Phi) is 4.28. The molecule has 20 heavy (non-hydrogen) atoms. The molecule has 0 unspecified atom stereocenters. The van der Waals surface area contributed by atoms with Crippen LogP contribution in [0, 0.1) is 0 Å². The van der Waals surface area contributed by atoms with Gasteiger partial charge in [0.1, 0.15) is 5.82 Å². The zero-order valence-electron chi connectivity index (χ0n) is 10.6. The van der Waals surface area contributed by atoms with Gasteiger partial charge in [-0.25, -0.2) is 9.78 Å². The first-order valence-corrected chi connectivity index (χ1v) is 5.89. The van der Waals surface area contributed by atoms with Crippen molar-refractivity contribution in [3.05, 3.63) is 54.2 Å². The number of nitrogens with two attached hydrogens (primary N) is 1. The van der Waals surface area contributed by atoms with Crippen LogP contribution in [0.4, 0.5) is 11.5 Å². The van der Waals surface area contributed by atoms with Crippen molar-refractivity contribution in [3.8, 4) is 0 Å². The number of nitrogen functional groups attached to an aromatic ring is 1. The van der Waals surface area contributed by atoms with Crippen LogP contribution in [-0.2, 0) is 9.53 Å². The number of nitrogens with zero attached hydrogens (tertiary/aromatic N) is 1. The number of aromatic nitrogens is 1. The maximum atomic E-state index is 11.7. The van der Waals surface area contributed by atoms with Crippen molar-refractivity contribution in [2.75, 3.05) is 17.7 Å². The molecule has 1 aromatic carbocycles. The number of carbonyl (C=O) groups is 2. The van der Waals surface area contributed by atoms with E-state index >= 15 is 0 Å². The molecule has 0 aliphatic heterocycles. The molecule has 1 heterocycles. The number of hydrogen-bond acceptors (Lipinski definition) is 5. The summed E-state index contributed by atoms with van der Waals surface area (Å²) >= 11 is 0. The molecule has 6 heteroatoms. The summed E-state index contributed by atoms with van der Waals surface area (Å²) in [6.07, 6.45) is 1.55. The van der Waals surface area contributed by atoms with Gasteiger partial charge in [0, 0.05) is 11.9 Å². The minimum atomic E-state index is -0.640. The number of benzene rings is 1. The van der Waals surface area contributed by atoms with E-state index in [4.69, 9.17) is 10.5 Å². The lowest BCUT2D eigenvalue weighted by Crippen LogP contribution is -2.21. The van der Waals surface area contributed by atoms with Crippen molar-refractivity contribution < 1.29 is 14.3 Å². The summed E-state index contributed by atoms with van der Waals surface area (Å²) in [6, 6.07) is 11.6. The van der Waals surface area contributed by atoms with Gasteiger partial charge in [0.2, 0.25) is 0 Å². The molecule has 6 nitrogen and oxygen atoms in total. The molecular weight excluding hydrogens is 258 g/mol. The molecule has 1 aromatic heterocycles. The first kappa shape index (κ1) is 13.5. The molecule has 0 bridgehead atoms. The summed E-state index contributed by atoms with van der Waals surface area (Å²) < 4.78 is 4.88. The first-order valence-electron chi connectivity index (χ1n) is 5.89. The van der Waals surface area contributed by atoms with Gasteiger partial charge in [-0.05, 0) is 24.3 Å². The summed E-state index contributed by atoms with van der Waals surface area (Å²) in [5.41, 5.74) is 6.18. The van der Waals surface area contributed by atoms with Gasteiger partial charge in [0.15, 0.2) is 6.61 Å². The van der Waals surface area contributed by atoms with Crippen molar-refractivity contribution in [1.82, 2.24) is 4.98 Å². The number of pyridine rings is 1. The maximum absolute atomic E-state index is 11.7. The Morgan fingerprint density at radius 2 is 1.90 bits per heavy atom. The number of ether oxygens (including phenoxy) is 1. The number of para-hydroxylation sites is 1. The molecule has 0 aliphatic carbocycles. The molecule has 1 amide bonds. The molecule has 0 atom stereocenters. The Balaban J connectivity index is 1.88. The van der Waals surface area contributed by atoms with Crippen LogP contribution in [0.5, 0.6) is 0 Å². The lowest BCUT2D eigenvalue weighted by atomic mass is 10.2. The molecule has 0 saturated heterocycles. The molecule has 0 radical (unpaired) electrons. The minimum absolute atomic E-state index is 0.234. The van der Waals surface area contributed by atoms with Gasteiger partial charge in [-0.2, -0.15) is 0 Å². The van der Waals surface area contributed by atoms with E-state index < -0.39 is 18.5 Å². The summed E-state index contributed by atoms with van der Waals surface area (Å²) in [7, 11) is 0. The second-order valence-electron chi connectivity index (χ2n) is 3.93. The molecule has 0 saturated carbocycles. The number of hydrogen-bond donors (Lipinski definition) is 2. The molecule has 2 aromatic rings. The third-order valence-corrected chi connectivity index (χ3v) is 2.45. The van der Waals surface area contributed by atoms with Crippen molar-refractivity contribution in [2.24, 2.45) is 0 Å². The van der Waals surface area contributed by atoms with Crippen LogP contribution in [0.3, 0.4) is 0 Å². The summed E-state index contributed by atoms with van der Waals surface area (Å²) in [6.45, 7) is -0.399. The maximum Gasteiger partial charge on any atom is 0.340 e. The average Bonchev–Trinajstić information content (AvgIpc) is 2.46. The van der Waals surface area contributed by atoms with Crippen LogP contribution in [0.25, 0.3) is 0 Å². The zero-order valence-corrected chi connectivity index (χ0v) is 10.6. The van der Waals surface area contributed by atoms with E-state index in [9.17, 15) is 9.59 Å². The zero-order chi connectivity index (χ0) is 14.4. The summed E-state index contributed by atoms with van der Waals surface area (Å²) in [5, 5.41) is 2.50. The number of rotatable bonds is 4. The van der Waals surface area contributed by atoms with E-state index in [0.29, 0.717) is 11.5 Å². The highest BCUT2D eigenvalue weighted by Crippen LogP contribution is 2.11. The fourth-order valence-electron chi connectivity index (χ4n) is 1.51. The number of amides is 1. The van der Waals surface area contributed by atoms with E-state index in [1.165, 1.54) is 6.07 Å². The molecule has 0 spiro atoms. The Labute approximate surface area is 115 Å². The van der Waals surface area contributed by atoms with Gasteiger partial charge < -0.3 is 15.8 Å². The fourth-order valence-corrected chi connectivity index (χ4v) is 1.51. The Hall–Kier alpha value is -2.89. The highest BCUT2D eigenvalue weighted by molar-refractivity contribution is 5.97. The van der Waals surface area contributed by atoms with Crippen LogP contribution >= 0.6 is 0 Å². The standard InChI is InChI=1S/C14H13N3O3/c15-11-6-2-1-5-10(11)14(19)20-9-13(18)17-12-7-3-4-8-16-12/h1-8H,9,15H2,(H,16,17,18). The van der Waals surface area contributed by atoms with Crippen molar-refractivity contribution in [2.45, 2.75) is 0 Å². The van der Waals surface area contributed by atoms with Gasteiger partial charge >= 0.3 is 5.97 Å². The van der Waals surface area contributed by atoms with Crippen LogP contribution < -0.4 is 11.1 Å². The quantitative estimate of drug-likeness (QED) is 0.648.